The number of pyridine rings is 1. The number of halogens is 4. The minimum atomic E-state index is -5.25. The number of rotatable bonds is 4. The van der Waals surface area contributed by atoms with E-state index in [1.165, 1.54) is 6.92 Å². The maximum absolute atomic E-state index is 13.2. The first-order chi connectivity index (χ1) is 9.15. The Morgan fingerprint density at radius 2 is 2.10 bits per heavy atom. The highest BCUT2D eigenvalue weighted by molar-refractivity contribution is 5.92. The van der Waals surface area contributed by atoms with Gasteiger partial charge in [-0.25, -0.2) is 4.79 Å². The van der Waals surface area contributed by atoms with Crippen molar-refractivity contribution < 1.29 is 36.8 Å². The molecule has 11 heteroatoms. The molecule has 20 heavy (non-hydrogen) atoms. The summed E-state index contributed by atoms with van der Waals surface area (Å²) in [6, 6.07) is 0.265. The summed E-state index contributed by atoms with van der Waals surface area (Å²) in [4.78, 5) is 23.2. The number of carbonyl (C=O) groups excluding carboxylic acids is 1. The highest BCUT2D eigenvalue weighted by Gasteiger charge is 2.36. The van der Waals surface area contributed by atoms with Crippen molar-refractivity contribution in [2.75, 3.05) is 6.61 Å². The van der Waals surface area contributed by atoms with Gasteiger partial charge in [0.15, 0.2) is 0 Å². The Bertz CT molecular complexity index is 546. The number of carbonyl (C=O) groups is 1. The number of esters is 1. The second-order valence-electron chi connectivity index (χ2n) is 3.18. The number of hydrogen-bond acceptors (Lipinski definition) is 6. The van der Waals surface area contributed by atoms with Crippen molar-refractivity contribution in [1.82, 2.24) is 4.98 Å². The van der Waals surface area contributed by atoms with Crippen LogP contribution in [-0.2, 0) is 4.74 Å². The lowest BCUT2D eigenvalue weighted by Crippen LogP contribution is -2.21. The zero-order valence-corrected chi connectivity index (χ0v) is 9.73. The van der Waals surface area contributed by atoms with Crippen molar-refractivity contribution in [3.8, 4) is 5.88 Å². The molecule has 0 unspecified atom stereocenters. The number of nitro groups is 1. The van der Waals surface area contributed by atoms with Gasteiger partial charge in [-0.15, -0.1) is 13.2 Å². The predicted octanol–water partition coefficient (Wildman–Crippen LogP) is 2.20. The molecule has 1 aromatic heterocycles. The van der Waals surface area contributed by atoms with Gasteiger partial charge >= 0.3 is 18.0 Å². The lowest BCUT2D eigenvalue weighted by atomic mass is 10.2. The first-order valence-electron chi connectivity index (χ1n) is 4.93. The van der Waals surface area contributed by atoms with Crippen LogP contribution in [0.25, 0.3) is 0 Å². The van der Waals surface area contributed by atoms with Crippen molar-refractivity contribution in [2.24, 2.45) is 0 Å². The monoisotopic (exact) mass is 298 g/mol. The number of ether oxygens (including phenoxy) is 2. The van der Waals surface area contributed by atoms with E-state index in [4.69, 9.17) is 0 Å². The van der Waals surface area contributed by atoms with Crippen LogP contribution in [0.15, 0.2) is 6.07 Å². The highest BCUT2D eigenvalue weighted by atomic mass is 19.4. The van der Waals surface area contributed by atoms with Crippen LogP contribution in [0.3, 0.4) is 0 Å². The van der Waals surface area contributed by atoms with E-state index in [-0.39, 0.29) is 12.7 Å². The van der Waals surface area contributed by atoms with Crippen molar-refractivity contribution in [3.05, 3.63) is 27.7 Å². The predicted molar refractivity (Wildman–Crippen MR) is 53.5 cm³/mol. The summed E-state index contributed by atoms with van der Waals surface area (Å²) < 4.78 is 57.2. The van der Waals surface area contributed by atoms with E-state index in [0.29, 0.717) is 0 Å². The summed E-state index contributed by atoms with van der Waals surface area (Å²) in [5.41, 5.74) is -2.28. The maximum Gasteiger partial charge on any atom is 0.574 e. The molecule has 1 aromatic rings. The standard InChI is InChI=1S/C9H6F4N2O5/c1-2-19-8(16)4-3-5(15(17)18)6(10)14-7(4)20-9(11,12)13/h3H,2H2,1H3. The first kappa shape index (κ1) is 15.6. The summed E-state index contributed by atoms with van der Waals surface area (Å²) >= 11 is 0. The number of alkyl halides is 3. The minimum Gasteiger partial charge on any atom is -0.462 e. The molecule has 0 aromatic carbocycles. The third-order valence-electron chi connectivity index (χ3n) is 1.83. The maximum atomic E-state index is 13.2. The average Bonchev–Trinajstić information content (AvgIpc) is 2.26. The molecular weight excluding hydrogens is 292 g/mol. The Labute approximate surface area is 108 Å². The molecule has 0 radical (unpaired) electrons. The van der Waals surface area contributed by atoms with Crippen LogP contribution in [0.1, 0.15) is 17.3 Å². The SMILES string of the molecule is CCOC(=O)c1cc([N+](=O)[O-])c(F)nc1OC(F)(F)F. The van der Waals surface area contributed by atoms with E-state index in [0.717, 1.165) is 0 Å². The second-order valence-corrected chi connectivity index (χ2v) is 3.18. The van der Waals surface area contributed by atoms with Gasteiger partial charge < -0.3 is 9.47 Å². The Balaban J connectivity index is 3.37. The Morgan fingerprint density at radius 3 is 2.55 bits per heavy atom. The van der Waals surface area contributed by atoms with Gasteiger partial charge in [0.1, 0.15) is 5.56 Å². The average molecular weight is 298 g/mol. The zero-order chi connectivity index (χ0) is 15.5. The molecule has 0 amide bonds. The van der Waals surface area contributed by atoms with Crippen LogP contribution in [0.5, 0.6) is 5.88 Å². The van der Waals surface area contributed by atoms with Crippen LogP contribution >= 0.6 is 0 Å². The largest absolute Gasteiger partial charge is 0.574 e. The Kier molecular flexibility index (Phi) is 4.42. The van der Waals surface area contributed by atoms with Gasteiger partial charge in [-0.2, -0.15) is 9.37 Å². The highest BCUT2D eigenvalue weighted by Crippen LogP contribution is 2.29. The fourth-order valence-corrected chi connectivity index (χ4v) is 1.14. The minimum absolute atomic E-state index is 0.213. The molecule has 0 aliphatic heterocycles. The molecule has 1 rings (SSSR count). The van der Waals surface area contributed by atoms with Gasteiger partial charge in [-0.3, -0.25) is 10.1 Å². The van der Waals surface area contributed by atoms with Gasteiger partial charge in [0.25, 0.3) is 5.95 Å². The smallest absolute Gasteiger partial charge is 0.462 e. The van der Waals surface area contributed by atoms with E-state index in [2.05, 4.69) is 14.5 Å². The molecule has 0 atom stereocenters. The van der Waals surface area contributed by atoms with Crippen LogP contribution in [-0.4, -0.2) is 28.8 Å². The fraction of sp³-hybridized carbons (Fsp3) is 0.333. The van der Waals surface area contributed by atoms with Gasteiger partial charge in [-0.1, -0.05) is 0 Å². The molecule has 0 spiro atoms. The normalized spacial score (nSPS) is 11.1. The Hall–Kier alpha value is -2.46. The third-order valence-corrected chi connectivity index (χ3v) is 1.83. The fourth-order valence-electron chi connectivity index (χ4n) is 1.14. The van der Waals surface area contributed by atoms with Crippen molar-refractivity contribution >= 4 is 11.7 Å². The molecule has 0 aliphatic carbocycles. The van der Waals surface area contributed by atoms with Crippen molar-refractivity contribution in [3.63, 3.8) is 0 Å². The lowest BCUT2D eigenvalue weighted by molar-refractivity contribution is -0.388. The summed E-state index contributed by atoms with van der Waals surface area (Å²) in [6.45, 7) is 1.14. The van der Waals surface area contributed by atoms with Gasteiger partial charge in [0.2, 0.25) is 5.88 Å². The molecule has 0 saturated carbocycles. The zero-order valence-electron chi connectivity index (χ0n) is 9.73. The molecule has 0 saturated heterocycles. The molecule has 110 valence electrons. The lowest BCUT2D eigenvalue weighted by Gasteiger charge is -2.11. The van der Waals surface area contributed by atoms with E-state index >= 15 is 0 Å². The molecule has 0 aliphatic rings. The molecule has 0 N–H and O–H groups in total. The topological polar surface area (TPSA) is 91.6 Å². The van der Waals surface area contributed by atoms with Gasteiger partial charge in [-0.05, 0) is 6.92 Å². The molecule has 0 fully saturated rings. The molecule has 7 nitrogen and oxygen atoms in total. The molecule has 1 heterocycles. The quantitative estimate of drug-likeness (QED) is 0.278. The number of hydrogen-bond donors (Lipinski definition) is 0. The molecular formula is C9H6F4N2O5. The van der Waals surface area contributed by atoms with E-state index in [1.807, 2.05) is 0 Å². The van der Waals surface area contributed by atoms with Crippen molar-refractivity contribution in [2.45, 2.75) is 13.3 Å². The first-order valence-corrected chi connectivity index (χ1v) is 4.93. The van der Waals surface area contributed by atoms with Crippen molar-refractivity contribution in [1.29, 1.82) is 0 Å². The number of nitrogens with zero attached hydrogens (tertiary/aromatic N) is 2. The van der Waals surface area contributed by atoms with Crippen LogP contribution in [0.4, 0.5) is 23.2 Å². The second kappa shape index (κ2) is 5.67. The summed E-state index contributed by atoms with van der Waals surface area (Å²) in [5.74, 6) is -4.64. The van der Waals surface area contributed by atoms with Gasteiger partial charge in [0.05, 0.1) is 11.5 Å². The van der Waals surface area contributed by atoms with Crippen LogP contribution in [0.2, 0.25) is 0 Å². The summed E-state index contributed by atoms with van der Waals surface area (Å²) in [6.07, 6.45) is -5.25. The van der Waals surface area contributed by atoms with E-state index in [9.17, 15) is 32.5 Å². The van der Waals surface area contributed by atoms with E-state index < -0.39 is 40.3 Å². The summed E-state index contributed by atoms with van der Waals surface area (Å²) in [5, 5.41) is 10.5. The Morgan fingerprint density at radius 1 is 1.50 bits per heavy atom. The van der Waals surface area contributed by atoms with Gasteiger partial charge in [0, 0.05) is 6.07 Å². The van der Waals surface area contributed by atoms with Crippen LogP contribution < -0.4 is 4.74 Å². The summed E-state index contributed by atoms with van der Waals surface area (Å²) in [7, 11) is 0. The third kappa shape index (κ3) is 3.76. The van der Waals surface area contributed by atoms with E-state index in [1.54, 1.807) is 0 Å². The van der Waals surface area contributed by atoms with Crippen LogP contribution in [0, 0.1) is 16.1 Å². The number of aromatic nitrogens is 1. The molecule has 0 bridgehead atoms.